The Morgan fingerprint density at radius 3 is 2.47 bits per heavy atom. The largest absolute Gasteiger partial charge is 0.489 e. The van der Waals surface area contributed by atoms with Gasteiger partial charge in [0.1, 0.15) is 12.4 Å². The maximum absolute atomic E-state index is 5.79. The van der Waals surface area contributed by atoms with E-state index in [0.29, 0.717) is 12.5 Å². The molecular weight excluding hydrogens is 234 g/mol. The van der Waals surface area contributed by atoms with Crippen LogP contribution in [0.15, 0.2) is 54.6 Å². The third-order valence-electron chi connectivity index (χ3n) is 3.66. The quantitative estimate of drug-likeness (QED) is 0.902. The van der Waals surface area contributed by atoms with Gasteiger partial charge in [-0.15, -0.1) is 0 Å². The van der Waals surface area contributed by atoms with Crippen LogP contribution in [0.4, 0.5) is 0 Å². The first kappa shape index (κ1) is 12.2. The highest BCUT2D eigenvalue weighted by Crippen LogP contribution is 2.24. The molecule has 3 rings (SSSR count). The fourth-order valence-electron chi connectivity index (χ4n) is 2.52. The van der Waals surface area contributed by atoms with Crippen molar-refractivity contribution in [2.45, 2.75) is 18.9 Å². The highest BCUT2D eigenvalue weighted by molar-refractivity contribution is 5.30. The van der Waals surface area contributed by atoms with Gasteiger partial charge in [0.2, 0.25) is 0 Å². The maximum Gasteiger partial charge on any atom is 0.119 e. The number of hydrogen-bond donors (Lipinski definition) is 1. The van der Waals surface area contributed by atoms with Gasteiger partial charge in [0.25, 0.3) is 0 Å². The van der Waals surface area contributed by atoms with Crippen molar-refractivity contribution in [3.05, 3.63) is 65.7 Å². The average molecular weight is 253 g/mol. The average Bonchev–Trinajstić information content (AvgIpc) is 3.01. The molecule has 1 fully saturated rings. The fraction of sp³-hybridized carbons (Fsp3) is 0.294. The summed E-state index contributed by atoms with van der Waals surface area (Å²) in [5, 5.41) is 3.40. The molecule has 1 atom stereocenters. The molecule has 0 bridgehead atoms. The lowest BCUT2D eigenvalue weighted by Gasteiger charge is -2.10. The first-order valence-corrected chi connectivity index (χ1v) is 6.89. The van der Waals surface area contributed by atoms with Crippen molar-refractivity contribution in [2.24, 2.45) is 0 Å². The minimum absolute atomic E-state index is 0.630. The molecule has 0 spiro atoms. The summed E-state index contributed by atoms with van der Waals surface area (Å²) in [7, 11) is 0. The van der Waals surface area contributed by atoms with Gasteiger partial charge in [-0.05, 0) is 42.1 Å². The van der Waals surface area contributed by atoms with Crippen molar-refractivity contribution in [3.63, 3.8) is 0 Å². The Morgan fingerprint density at radius 1 is 1.00 bits per heavy atom. The highest BCUT2D eigenvalue weighted by Gasteiger charge is 2.15. The van der Waals surface area contributed by atoms with Gasteiger partial charge < -0.3 is 10.1 Å². The Hall–Kier alpha value is -1.80. The summed E-state index contributed by atoms with van der Waals surface area (Å²) in [6.07, 6.45) is 1.24. The molecule has 98 valence electrons. The zero-order valence-electron chi connectivity index (χ0n) is 11.0. The first-order valence-electron chi connectivity index (χ1n) is 6.89. The Morgan fingerprint density at radius 2 is 1.79 bits per heavy atom. The SMILES string of the molecule is c1ccc(COc2ccc([C@H]3CCNC3)cc2)cc1. The van der Waals surface area contributed by atoms with Crippen LogP contribution in [0.2, 0.25) is 0 Å². The number of hydrogen-bond acceptors (Lipinski definition) is 2. The Balaban J connectivity index is 1.60. The van der Waals surface area contributed by atoms with Crippen LogP contribution < -0.4 is 10.1 Å². The lowest BCUT2D eigenvalue weighted by Crippen LogP contribution is -2.07. The maximum atomic E-state index is 5.79. The number of benzene rings is 2. The highest BCUT2D eigenvalue weighted by atomic mass is 16.5. The van der Waals surface area contributed by atoms with E-state index >= 15 is 0 Å². The topological polar surface area (TPSA) is 21.3 Å². The molecule has 1 aliphatic heterocycles. The monoisotopic (exact) mass is 253 g/mol. The number of ether oxygens (including phenoxy) is 1. The molecule has 2 nitrogen and oxygen atoms in total. The molecule has 0 unspecified atom stereocenters. The van der Waals surface area contributed by atoms with E-state index < -0.39 is 0 Å². The molecule has 19 heavy (non-hydrogen) atoms. The van der Waals surface area contributed by atoms with Crippen LogP contribution in [0.25, 0.3) is 0 Å². The van der Waals surface area contributed by atoms with Crippen molar-refractivity contribution in [1.82, 2.24) is 5.32 Å². The summed E-state index contributed by atoms with van der Waals surface area (Å²) < 4.78 is 5.79. The lowest BCUT2D eigenvalue weighted by atomic mass is 9.98. The van der Waals surface area contributed by atoms with Crippen molar-refractivity contribution in [3.8, 4) is 5.75 Å². The summed E-state index contributed by atoms with van der Waals surface area (Å²) in [4.78, 5) is 0. The van der Waals surface area contributed by atoms with E-state index in [1.807, 2.05) is 18.2 Å². The van der Waals surface area contributed by atoms with Gasteiger partial charge in [-0.2, -0.15) is 0 Å². The summed E-state index contributed by atoms with van der Waals surface area (Å²) in [5.74, 6) is 1.61. The minimum atomic E-state index is 0.630. The van der Waals surface area contributed by atoms with E-state index in [1.165, 1.54) is 17.5 Å². The first-order chi connectivity index (χ1) is 9.42. The van der Waals surface area contributed by atoms with Crippen LogP contribution in [0.1, 0.15) is 23.5 Å². The molecule has 1 heterocycles. The normalized spacial score (nSPS) is 18.4. The Kier molecular flexibility index (Phi) is 3.80. The molecule has 0 aliphatic carbocycles. The molecule has 1 saturated heterocycles. The third-order valence-corrected chi connectivity index (χ3v) is 3.66. The van der Waals surface area contributed by atoms with Gasteiger partial charge >= 0.3 is 0 Å². The Bertz CT molecular complexity index is 501. The van der Waals surface area contributed by atoms with E-state index in [1.54, 1.807) is 0 Å². The van der Waals surface area contributed by atoms with Crippen LogP contribution in [0, 0.1) is 0 Å². The van der Waals surface area contributed by atoms with Gasteiger partial charge in [0.05, 0.1) is 0 Å². The van der Waals surface area contributed by atoms with E-state index in [4.69, 9.17) is 4.74 Å². The second-order valence-electron chi connectivity index (χ2n) is 5.03. The second kappa shape index (κ2) is 5.89. The van der Waals surface area contributed by atoms with E-state index in [-0.39, 0.29) is 0 Å². The van der Waals surface area contributed by atoms with Crippen LogP contribution >= 0.6 is 0 Å². The zero-order chi connectivity index (χ0) is 12.9. The van der Waals surface area contributed by atoms with E-state index in [0.717, 1.165) is 18.8 Å². The molecule has 2 aromatic rings. The van der Waals surface area contributed by atoms with Gasteiger partial charge in [-0.1, -0.05) is 42.5 Å². The van der Waals surface area contributed by atoms with Gasteiger partial charge in [-0.3, -0.25) is 0 Å². The lowest BCUT2D eigenvalue weighted by molar-refractivity contribution is 0.306. The fourth-order valence-corrected chi connectivity index (χ4v) is 2.52. The van der Waals surface area contributed by atoms with Crippen LogP contribution in [-0.2, 0) is 6.61 Å². The molecule has 1 N–H and O–H groups in total. The molecule has 2 heteroatoms. The van der Waals surface area contributed by atoms with E-state index in [9.17, 15) is 0 Å². The molecule has 0 radical (unpaired) electrons. The minimum Gasteiger partial charge on any atom is -0.489 e. The summed E-state index contributed by atoms with van der Waals surface area (Å²) in [6, 6.07) is 18.8. The predicted octanol–water partition coefficient (Wildman–Crippen LogP) is 3.34. The molecule has 0 aromatic heterocycles. The summed E-state index contributed by atoms with van der Waals surface area (Å²) in [6.45, 7) is 2.87. The standard InChI is InChI=1S/C17H19NO/c1-2-4-14(5-3-1)13-19-17-8-6-15(7-9-17)16-10-11-18-12-16/h1-9,16,18H,10-13H2/t16-/m0/s1. The van der Waals surface area contributed by atoms with Crippen molar-refractivity contribution in [1.29, 1.82) is 0 Å². The van der Waals surface area contributed by atoms with Gasteiger partial charge in [-0.25, -0.2) is 0 Å². The predicted molar refractivity (Wildman–Crippen MR) is 77.4 cm³/mol. The zero-order valence-corrected chi connectivity index (χ0v) is 11.0. The third kappa shape index (κ3) is 3.15. The van der Waals surface area contributed by atoms with Crippen LogP contribution in [-0.4, -0.2) is 13.1 Å². The molecule has 0 amide bonds. The smallest absolute Gasteiger partial charge is 0.119 e. The summed E-state index contributed by atoms with van der Waals surface area (Å²) in [5.41, 5.74) is 2.61. The Labute approximate surface area is 114 Å². The van der Waals surface area contributed by atoms with E-state index in [2.05, 4.69) is 41.7 Å². The summed E-state index contributed by atoms with van der Waals surface area (Å²) >= 11 is 0. The van der Waals surface area contributed by atoms with Crippen molar-refractivity contribution >= 4 is 0 Å². The van der Waals surface area contributed by atoms with Crippen LogP contribution in [0.5, 0.6) is 5.75 Å². The van der Waals surface area contributed by atoms with Crippen molar-refractivity contribution in [2.75, 3.05) is 13.1 Å². The van der Waals surface area contributed by atoms with Crippen molar-refractivity contribution < 1.29 is 4.74 Å². The molecular formula is C17H19NO. The molecule has 2 aromatic carbocycles. The van der Waals surface area contributed by atoms with Gasteiger partial charge in [0.15, 0.2) is 0 Å². The van der Waals surface area contributed by atoms with Crippen LogP contribution in [0.3, 0.4) is 0 Å². The number of rotatable bonds is 4. The molecule has 0 saturated carbocycles. The second-order valence-corrected chi connectivity index (χ2v) is 5.03. The van der Waals surface area contributed by atoms with Gasteiger partial charge in [0, 0.05) is 6.54 Å². The number of nitrogens with one attached hydrogen (secondary N) is 1. The molecule has 1 aliphatic rings.